The Bertz CT molecular complexity index is 1030. The van der Waals surface area contributed by atoms with Crippen molar-refractivity contribution >= 4 is 23.8 Å². The number of hydrogen-bond acceptors (Lipinski definition) is 5. The molecule has 4 N–H and O–H groups in total. The molecular weight excluding hydrogens is 366 g/mol. The molecule has 0 aliphatic carbocycles. The molecule has 28 heavy (non-hydrogen) atoms. The fraction of sp³-hybridized carbons (Fsp3) is 0.158. The molecule has 1 atom stereocenters. The number of nitrogens with one attached hydrogen (secondary N) is 2. The molecule has 9 heteroatoms. The van der Waals surface area contributed by atoms with Crippen LogP contribution in [0.1, 0.15) is 31.8 Å². The Morgan fingerprint density at radius 1 is 1.11 bits per heavy atom. The predicted octanol–water partition coefficient (Wildman–Crippen LogP) is 0.781. The van der Waals surface area contributed by atoms with Crippen molar-refractivity contribution in [2.75, 3.05) is 6.54 Å². The number of carbonyl (C=O) groups excluding carboxylic acids is 3. The van der Waals surface area contributed by atoms with Gasteiger partial charge in [-0.1, -0.05) is 18.2 Å². The topological polar surface area (TPSA) is 136 Å². The quantitative estimate of drug-likeness (QED) is 0.578. The number of carboxylic acid groups (broad SMARTS) is 1. The Morgan fingerprint density at radius 2 is 1.82 bits per heavy atom. The fourth-order valence-electron chi connectivity index (χ4n) is 3.56. The van der Waals surface area contributed by atoms with Gasteiger partial charge in [-0.25, -0.2) is 9.59 Å². The largest absolute Gasteiger partial charge is 0.508 e. The summed E-state index contributed by atoms with van der Waals surface area (Å²) in [6.07, 6.45) is 0. The smallest absolute Gasteiger partial charge is 0.335 e. The second-order valence-corrected chi connectivity index (χ2v) is 6.70. The van der Waals surface area contributed by atoms with Crippen molar-refractivity contribution in [1.29, 1.82) is 0 Å². The highest BCUT2D eigenvalue weighted by Crippen LogP contribution is 2.32. The average Bonchev–Trinajstić information content (AvgIpc) is 3.12. The Hall–Kier alpha value is -3.88. The molecule has 1 saturated heterocycles. The van der Waals surface area contributed by atoms with Crippen molar-refractivity contribution in [1.82, 2.24) is 15.5 Å². The summed E-state index contributed by atoms with van der Waals surface area (Å²) in [6.45, 7) is 0.0673. The van der Waals surface area contributed by atoms with Crippen molar-refractivity contribution in [3.8, 4) is 5.75 Å². The van der Waals surface area contributed by atoms with Crippen LogP contribution in [-0.2, 0) is 16.9 Å². The van der Waals surface area contributed by atoms with E-state index in [1.807, 2.05) is 0 Å². The van der Waals surface area contributed by atoms with Gasteiger partial charge < -0.3 is 20.4 Å². The van der Waals surface area contributed by atoms with Gasteiger partial charge in [0.2, 0.25) is 0 Å². The van der Waals surface area contributed by atoms with Crippen molar-refractivity contribution < 1.29 is 29.4 Å². The number of fused-ring (bicyclic) bond motifs is 1. The number of phenols is 1. The van der Waals surface area contributed by atoms with Gasteiger partial charge in [0.15, 0.2) is 5.54 Å². The number of carbonyl (C=O) groups is 4. The Balaban J connectivity index is 1.70. The lowest BCUT2D eigenvalue weighted by Crippen LogP contribution is -2.52. The summed E-state index contributed by atoms with van der Waals surface area (Å²) in [7, 11) is 0. The van der Waals surface area contributed by atoms with E-state index in [1.54, 1.807) is 6.07 Å². The number of amides is 4. The number of rotatable bonds is 4. The number of phenolic OH excluding ortho intramolecular Hbond substituents is 1. The highest BCUT2D eigenvalue weighted by atomic mass is 16.4. The maximum atomic E-state index is 12.7. The molecule has 0 saturated carbocycles. The summed E-state index contributed by atoms with van der Waals surface area (Å²) in [5, 5.41) is 23.4. The number of imide groups is 1. The van der Waals surface area contributed by atoms with Gasteiger partial charge in [0.1, 0.15) is 5.75 Å². The average molecular weight is 381 g/mol. The third-order valence-electron chi connectivity index (χ3n) is 4.97. The minimum Gasteiger partial charge on any atom is -0.508 e. The number of hydrogen-bond donors (Lipinski definition) is 4. The van der Waals surface area contributed by atoms with Crippen LogP contribution in [-0.4, -0.2) is 45.5 Å². The molecule has 142 valence electrons. The van der Waals surface area contributed by atoms with Crippen LogP contribution in [0.2, 0.25) is 0 Å². The van der Waals surface area contributed by atoms with E-state index in [9.17, 15) is 24.3 Å². The minimum atomic E-state index is -1.55. The molecule has 0 spiro atoms. The third kappa shape index (κ3) is 2.64. The number of aromatic hydroxyl groups is 1. The number of urea groups is 1. The summed E-state index contributed by atoms with van der Waals surface area (Å²) in [5.74, 6) is -2.17. The van der Waals surface area contributed by atoms with E-state index in [0.717, 1.165) is 0 Å². The third-order valence-corrected chi connectivity index (χ3v) is 4.97. The van der Waals surface area contributed by atoms with Crippen LogP contribution in [0, 0.1) is 0 Å². The summed E-state index contributed by atoms with van der Waals surface area (Å²) in [6, 6.07) is 9.30. The van der Waals surface area contributed by atoms with Crippen LogP contribution in [0.5, 0.6) is 5.75 Å². The number of carboxylic acids is 1. The van der Waals surface area contributed by atoms with E-state index >= 15 is 0 Å². The van der Waals surface area contributed by atoms with Crippen LogP contribution < -0.4 is 10.6 Å². The van der Waals surface area contributed by atoms with Gasteiger partial charge in [0.25, 0.3) is 11.8 Å². The van der Waals surface area contributed by atoms with E-state index < -0.39 is 23.4 Å². The van der Waals surface area contributed by atoms with Crippen molar-refractivity contribution in [2.45, 2.75) is 12.1 Å². The highest BCUT2D eigenvalue weighted by Gasteiger charge is 2.50. The number of aromatic carboxylic acids is 1. The molecule has 2 aliphatic heterocycles. The molecule has 2 aromatic carbocycles. The molecule has 0 unspecified atom stereocenters. The van der Waals surface area contributed by atoms with E-state index in [2.05, 4.69) is 10.6 Å². The fourth-order valence-corrected chi connectivity index (χ4v) is 3.56. The first kappa shape index (κ1) is 17.5. The molecule has 2 aromatic rings. The molecule has 0 bridgehead atoms. The lowest BCUT2D eigenvalue weighted by molar-refractivity contribution is -0.124. The Morgan fingerprint density at radius 3 is 2.43 bits per heavy atom. The van der Waals surface area contributed by atoms with Gasteiger partial charge in [0.05, 0.1) is 12.1 Å². The number of benzene rings is 2. The molecule has 4 amide bonds. The second kappa shape index (κ2) is 6.08. The molecule has 1 fully saturated rings. The molecular formula is C19H15N3O6. The first-order chi connectivity index (χ1) is 13.3. The number of nitrogens with zero attached hydrogens (tertiary/aromatic N) is 1. The van der Waals surface area contributed by atoms with Crippen LogP contribution in [0.25, 0.3) is 0 Å². The maximum absolute atomic E-state index is 12.7. The zero-order chi connectivity index (χ0) is 20.1. The summed E-state index contributed by atoms with van der Waals surface area (Å²) in [4.78, 5) is 49.7. The van der Waals surface area contributed by atoms with Crippen LogP contribution >= 0.6 is 0 Å². The molecule has 9 nitrogen and oxygen atoms in total. The van der Waals surface area contributed by atoms with E-state index in [0.29, 0.717) is 16.7 Å². The van der Waals surface area contributed by atoms with Crippen molar-refractivity contribution in [3.63, 3.8) is 0 Å². The molecule has 2 aliphatic rings. The summed E-state index contributed by atoms with van der Waals surface area (Å²) in [5.41, 5.74) is -0.130. The van der Waals surface area contributed by atoms with E-state index in [4.69, 9.17) is 5.11 Å². The standard InChI is InChI=1S/C19H15N3O6/c23-13-6-3-11-8-22(15(24)14(11)7-13)9-19(17(27)20-18(28)21-19)12-4-1-10(2-5-12)16(25)26/h1-7,23H,8-9H2,(H,25,26)(H2,20,21,27,28)/t19-/m0/s1. The van der Waals surface area contributed by atoms with E-state index in [1.165, 1.54) is 41.3 Å². The van der Waals surface area contributed by atoms with Crippen molar-refractivity contribution in [3.05, 3.63) is 64.7 Å². The molecule has 2 heterocycles. The molecule has 0 radical (unpaired) electrons. The zero-order valence-corrected chi connectivity index (χ0v) is 14.4. The highest BCUT2D eigenvalue weighted by molar-refractivity contribution is 6.08. The lowest BCUT2D eigenvalue weighted by atomic mass is 9.88. The maximum Gasteiger partial charge on any atom is 0.335 e. The molecule has 0 aromatic heterocycles. The van der Waals surface area contributed by atoms with Crippen molar-refractivity contribution in [2.24, 2.45) is 0 Å². The Labute approximate surface area is 158 Å². The SMILES string of the molecule is O=C1NC(=O)[C@](CN2Cc3ccc(O)cc3C2=O)(c2ccc(C(=O)O)cc2)N1. The molecule has 4 rings (SSSR count). The van der Waals surface area contributed by atoms with Gasteiger partial charge in [-0.15, -0.1) is 0 Å². The van der Waals surface area contributed by atoms with Gasteiger partial charge in [-0.2, -0.15) is 0 Å². The van der Waals surface area contributed by atoms with Gasteiger partial charge >= 0.3 is 12.0 Å². The predicted molar refractivity (Wildman–Crippen MR) is 94.6 cm³/mol. The normalized spacial score (nSPS) is 20.7. The lowest BCUT2D eigenvalue weighted by Gasteiger charge is -2.31. The Kier molecular flexibility index (Phi) is 3.81. The first-order valence-corrected chi connectivity index (χ1v) is 8.39. The second-order valence-electron chi connectivity index (χ2n) is 6.70. The van der Waals surface area contributed by atoms with Crippen LogP contribution in [0.15, 0.2) is 42.5 Å². The zero-order valence-electron chi connectivity index (χ0n) is 14.4. The van der Waals surface area contributed by atoms with Gasteiger partial charge in [0, 0.05) is 12.1 Å². The first-order valence-electron chi connectivity index (χ1n) is 8.39. The monoisotopic (exact) mass is 381 g/mol. The summed E-state index contributed by atoms with van der Waals surface area (Å²) < 4.78 is 0. The van der Waals surface area contributed by atoms with Gasteiger partial charge in [-0.3, -0.25) is 14.9 Å². The van der Waals surface area contributed by atoms with Gasteiger partial charge in [-0.05, 0) is 35.4 Å². The van der Waals surface area contributed by atoms with Crippen LogP contribution in [0.3, 0.4) is 0 Å². The minimum absolute atomic E-state index is 0.0313. The van der Waals surface area contributed by atoms with E-state index in [-0.39, 0.29) is 30.3 Å². The van der Waals surface area contributed by atoms with Crippen LogP contribution in [0.4, 0.5) is 4.79 Å². The summed E-state index contributed by atoms with van der Waals surface area (Å²) >= 11 is 0.